The third kappa shape index (κ3) is 16.3. The number of hydrogen-bond acceptors (Lipinski definition) is 14. The van der Waals surface area contributed by atoms with Gasteiger partial charge in [0.1, 0.15) is 47.3 Å². The van der Waals surface area contributed by atoms with Gasteiger partial charge >= 0.3 is 11.9 Å². The lowest BCUT2D eigenvalue weighted by Gasteiger charge is -2.38. The van der Waals surface area contributed by atoms with Gasteiger partial charge in [0.25, 0.3) is 0 Å². The van der Waals surface area contributed by atoms with Crippen molar-refractivity contribution < 1.29 is 72.3 Å². The molecule has 0 radical (unpaired) electrons. The van der Waals surface area contributed by atoms with E-state index in [2.05, 4.69) is 37.2 Å². The molecule has 0 bridgehead atoms. The fraction of sp³-hybridized carbons (Fsp3) is 0.575. The number of anilines is 1. The molecule has 1 aromatic carbocycles. The van der Waals surface area contributed by atoms with E-state index in [0.29, 0.717) is 24.8 Å². The number of hydrogen-bond donors (Lipinski definition) is 13. The summed E-state index contributed by atoms with van der Waals surface area (Å²) >= 11 is 0. The molecule has 25 nitrogen and oxygen atoms in total. The molecule has 2 fully saturated rings. The molecule has 1 unspecified atom stereocenters. The van der Waals surface area contributed by atoms with Crippen molar-refractivity contribution in [1.29, 1.82) is 0 Å². The molecule has 2 aliphatic rings. The van der Waals surface area contributed by atoms with Gasteiger partial charge in [-0.2, -0.15) is 0 Å². The maximum absolute atomic E-state index is 14.5. The first-order valence-corrected chi connectivity index (χ1v) is 22.5. The first-order chi connectivity index (χ1) is 30.9. The highest BCUT2D eigenvalue weighted by Gasteiger charge is 2.44. The Balaban J connectivity index is 2.16. The predicted octanol–water partition coefficient (Wildman–Crippen LogP) is -4.39. The molecule has 16 N–H and O–H groups in total. The van der Waals surface area contributed by atoms with Crippen molar-refractivity contribution in [3.8, 4) is 5.75 Å². The van der Waals surface area contributed by atoms with Crippen LogP contribution in [0.5, 0.6) is 5.75 Å². The number of amides is 9. The Bertz CT molecular complexity index is 2060. The van der Waals surface area contributed by atoms with Crippen molar-refractivity contribution in [3.05, 3.63) is 23.8 Å². The average Bonchev–Trinajstić information content (AvgIpc) is 3.21. The topological polar surface area (TPSA) is 428 Å². The minimum atomic E-state index is -2.33. The van der Waals surface area contributed by atoms with E-state index in [1.807, 2.05) is 0 Å². The third-order valence-corrected chi connectivity index (χ3v) is 12.0. The summed E-state index contributed by atoms with van der Waals surface area (Å²) in [4.78, 5) is 144. The van der Waals surface area contributed by atoms with E-state index in [1.54, 1.807) is 13.8 Å². The van der Waals surface area contributed by atoms with Crippen molar-refractivity contribution in [1.82, 2.24) is 37.2 Å². The zero-order valence-electron chi connectivity index (χ0n) is 36.3. The third-order valence-electron chi connectivity index (χ3n) is 10.7. The Hall–Kier alpha value is -6.86. The monoisotopic (exact) mass is 950 g/mol. The summed E-state index contributed by atoms with van der Waals surface area (Å²) in [5.74, 6) is -17.8. The van der Waals surface area contributed by atoms with Gasteiger partial charge in [-0.25, -0.2) is 0 Å². The Morgan fingerprint density at radius 1 is 0.773 bits per heavy atom. The van der Waals surface area contributed by atoms with Gasteiger partial charge < -0.3 is 69.7 Å². The fourth-order valence-corrected chi connectivity index (χ4v) is 8.42. The zero-order chi connectivity index (χ0) is 49.5. The van der Waals surface area contributed by atoms with Gasteiger partial charge in [-0.3, -0.25) is 56.9 Å². The molecule has 6 atom stereocenters. The van der Waals surface area contributed by atoms with Crippen LogP contribution in [0.15, 0.2) is 18.2 Å². The van der Waals surface area contributed by atoms with E-state index < -0.39 is 155 Å². The molecule has 1 spiro atoms. The minimum absolute atomic E-state index is 0.0289. The zero-order valence-corrected chi connectivity index (χ0v) is 37.2. The molecule has 1 heterocycles. The number of carboxylic acids is 2. The summed E-state index contributed by atoms with van der Waals surface area (Å²) in [6.07, 6.45) is -1.26. The molecule has 1 saturated carbocycles. The molecule has 3 rings (SSSR count). The number of carbonyl (C=O) groups is 11. The fourth-order valence-electron chi connectivity index (χ4n) is 7.30. The van der Waals surface area contributed by atoms with Crippen LogP contribution in [-0.4, -0.2) is 138 Å². The lowest BCUT2D eigenvalue weighted by molar-refractivity contribution is -0.155. The second kappa shape index (κ2) is 24.4. The maximum atomic E-state index is 14.5. The van der Waals surface area contributed by atoms with E-state index in [-0.39, 0.29) is 43.0 Å². The van der Waals surface area contributed by atoms with E-state index in [1.165, 1.54) is 18.2 Å². The summed E-state index contributed by atoms with van der Waals surface area (Å²) < 4.78 is 13.1. The SMILES string of the molecule is CC(C)C[C@@H]1NC(=O)[C@H](CC(C(=O)O)C(=O)O)NC(=O)CS(=O)C[C@@H](C(N)=O)NC(=O)CCNC(=O)[C@H](CC(N)=O)NC(=O)C2(CCCCC2)NC(=O)[C@H](Cc2ccc(O)c(N)c2)NC1=O. The molecular formula is C40H58N10O15S. The van der Waals surface area contributed by atoms with Gasteiger partial charge in [-0.15, -0.1) is 0 Å². The van der Waals surface area contributed by atoms with Crippen molar-refractivity contribution in [2.24, 2.45) is 23.3 Å². The largest absolute Gasteiger partial charge is 0.506 e. The summed E-state index contributed by atoms with van der Waals surface area (Å²) in [7, 11) is -2.33. The van der Waals surface area contributed by atoms with Crippen molar-refractivity contribution in [2.75, 3.05) is 23.8 Å². The molecule has 1 aliphatic carbocycles. The number of phenols is 1. The standard InChI is InChI=1S/C40H58N10O15S/c1-19(2)12-23-34(57)48-24(14-20-6-7-28(51)22(41)13-20)36(59)50-40(9-4-3-5-10-40)39(64)49-26(16-29(42)52)33(56)44-11-8-30(53)46-27(32(43)55)17-66(65)18-31(54)45-25(35(58)47-23)15-21(37(60)61)38(62)63/h6-7,13,19,21,23-27,51H,3-5,8-12,14-18,41H2,1-2H3,(H2,42,52)(H2,43,55)(H,44,56)(H,45,54)(H,46,53)(H,47,58)(H,48,57)(H,49,64)(H,50,59)(H,60,61)(H,62,63)/t23-,24-,25-,26-,27-,66?/m0/s1. The molecule has 364 valence electrons. The second-order valence-electron chi connectivity index (χ2n) is 16.6. The van der Waals surface area contributed by atoms with Crippen molar-refractivity contribution >= 4 is 81.6 Å². The first kappa shape index (κ1) is 53.5. The maximum Gasteiger partial charge on any atom is 0.317 e. The van der Waals surface area contributed by atoms with Crippen LogP contribution in [0.2, 0.25) is 0 Å². The summed E-state index contributed by atoms with van der Waals surface area (Å²) in [6.45, 7) is 2.89. The number of benzene rings is 1. The highest BCUT2D eigenvalue weighted by atomic mass is 32.2. The molecule has 9 amide bonds. The molecule has 1 aliphatic heterocycles. The highest BCUT2D eigenvalue weighted by Crippen LogP contribution is 2.29. The number of phenolic OH excluding ortho intramolecular Hbond substituents is 1. The van der Waals surface area contributed by atoms with Crippen LogP contribution in [0.4, 0.5) is 5.69 Å². The van der Waals surface area contributed by atoms with Crippen LogP contribution in [0, 0.1) is 11.8 Å². The van der Waals surface area contributed by atoms with Gasteiger partial charge in [0.05, 0.1) is 17.9 Å². The molecule has 1 saturated heterocycles. The van der Waals surface area contributed by atoms with Crippen molar-refractivity contribution in [3.63, 3.8) is 0 Å². The number of rotatable bonds is 11. The van der Waals surface area contributed by atoms with E-state index in [9.17, 15) is 72.3 Å². The molecule has 0 aromatic heterocycles. The molecule has 66 heavy (non-hydrogen) atoms. The van der Waals surface area contributed by atoms with Gasteiger partial charge in [-0.1, -0.05) is 39.2 Å². The number of nitrogens with two attached hydrogens (primary N) is 3. The van der Waals surface area contributed by atoms with Gasteiger partial charge in [0.15, 0.2) is 5.92 Å². The number of aromatic hydroxyl groups is 1. The number of nitrogens with one attached hydrogen (secondary N) is 7. The van der Waals surface area contributed by atoms with Crippen LogP contribution in [0.1, 0.15) is 77.2 Å². The predicted molar refractivity (Wildman–Crippen MR) is 231 cm³/mol. The van der Waals surface area contributed by atoms with Gasteiger partial charge in [0, 0.05) is 36.6 Å². The van der Waals surface area contributed by atoms with Crippen LogP contribution in [0.25, 0.3) is 0 Å². The Labute approximate surface area is 380 Å². The lowest BCUT2D eigenvalue weighted by atomic mass is 9.80. The lowest BCUT2D eigenvalue weighted by Crippen LogP contribution is -2.66. The summed E-state index contributed by atoms with van der Waals surface area (Å²) in [5, 5.41) is 46.3. The van der Waals surface area contributed by atoms with Crippen LogP contribution in [0.3, 0.4) is 0 Å². The van der Waals surface area contributed by atoms with E-state index in [4.69, 9.17) is 17.2 Å². The Morgan fingerprint density at radius 3 is 1.94 bits per heavy atom. The Morgan fingerprint density at radius 2 is 1.38 bits per heavy atom. The minimum Gasteiger partial charge on any atom is -0.506 e. The quantitative estimate of drug-likeness (QED) is 0.0566. The Kier molecular flexibility index (Phi) is 19.8. The number of carboxylic acid groups (broad SMARTS) is 2. The van der Waals surface area contributed by atoms with Gasteiger partial charge in [0.2, 0.25) is 53.2 Å². The summed E-state index contributed by atoms with van der Waals surface area (Å²) in [6, 6.07) is -4.41. The molecule has 26 heteroatoms. The van der Waals surface area contributed by atoms with Crippen molar-refractivity contribution in [2.45, 2.75) is 114 Å². The van der Waals surface area contributed by atoms with Crippen LogP contribution < -0.4 is 54.4 Å². The number of aliphatic carboxylic acids is 2. The number of carbonyl (C=O) groups excluding carboxylic acids is 9. The first-order valence-electron chi connectivity index (χ1n) is 21.0. The van der Waals surface area contributed by atoms with Crippen LogP contribution in [-0.2, 0) is 70.0 Å². The van der Waals surface area contributed by atoms with Gasteiger partial charge in [-0.05, 0) is 42.9 Å². The highest BCUT2D eigenvalue weighted by molar-refractivity contribution is 7.85. The average molecular weight is 951 g/mol. The van der Waals surface area contributed by atoms with Crippen LogP contribution >= 0.6 is 0 Å². The van der Waals surface area contributed by atoms with E-state index >= 15 is 0 Å². The number of primary amides is 2. The smallest absolute Gasteiger partial charge is 0.317 e. The molecule has 1 aromatic rings. The van der Waals surface area contributed by atoms with E-state index in [0.717, 1.165) is 0 Å². The summed E-state index contributed by atoms with van der Waals surface area (Å²) in [5.41, 5.74) is 15.2. The molecular weight excluding hydrogens is 893 g/mol. The number of nitrogen functional groups attached to an aromatic ring is 1. The normalized spacial score (nSPS) is 24.5. The second-order valence-corrected chi connectivity index (χ2v) is 18.1.